The van der Waals surface area contributed by atoms with Gasteiger partial charge in [-0.3, -0.25) is 9.69 Å². The molecule has 0 N–H and O–H groups in total. The molecule has 0 spiro atoms. The molecule has 0 bridgehead atoms. The van der Waals surface area contributed by atoms with E-state index in [1.807, 2.05) is 17.0 Å². The predicted octanol–water partition coefficient (Wildman–Crippen LogP) is 1.52. The summed E-state index contributed by atoms with van der Waals surface area (Å²) in [6.07, 6.45) is 1.12. The second-order valence-electron chi connectivity index (χ2n) is 5.94. The molecule has 1 atom stereocenters. The van der Waals surface area contributed by atoms with Gasteiger partial charge in [0.25, 0.3) is 5.91 Å². The Morgan fingerprint density at radius 2 is 1.95 bits per heavy atom. The molecule has 2 saturated heterocycles. The molecule has 2 aliphatic rings. The topological polar surface area (TPSA) is 26.8 Å². The van der Waals surface area contributed by atoms with E-state index < -0.39 is 0 Å². The van der Waals surface area contributed by atoms with Gasteiger partial charge in [-0.15, -0.1) is 11.3 Å². The molecule has 3 rings (SSSR count). The maximum atomic E-state index is 12.5. The van der Waals surface area contributed by atoms with E-state index in [2.05, 4.69) is 23.8 Å². The molecule has 0 saturated carbocycles. The molecule has 1 aromatic heterocycles. The highest BCUT2D eigenvalue weighted by atomic mass is 32.1. The fraction of sp³-hybridized carbons (Fsp3) is 0.667. The number of carbonyl (C=O) groups excluding carboxylic acids is 1. The second-order valence-corrected chi connectivity index (χ2v) is 7.23. The maximum Gasteiger partial charge on any atom is 0.263 e. The number of likely N-dealkylation sites (N-methyl/N-ethyl adjacent to an activating group) is 1. The Labute approximate surface area is 125 Å². The third-order valence-electron chi connectivity index (χ3n) is 4.46. The predicted molar refractivity (Wildman–Crippen MR) is 82.4 cm³/mol. The van der Waals surface area contributed by atoms with Crippen molar-refractivity contribution in [2.75, 3.05) is 46.3 Å². The molecule has 0 aromatic carbocycles. The van der Waals surface area contributed by atoms with Gasteiger partial charge in [0.15, 0.2) is 0 Å². The van der Waals surface area contributed by atoms with Gasteiger partial charge in [-0.1, -0.05) is 0 Å². The minimum atomic E-state index is 0.222. The number of piperazine rings is 1. The number of hydrogen-bond donors (Lipinski definition) is 0. The van der Waals surface area contributed by atoms with E-state index in [0.29, 0.717) is 6.04 Å². The SMILES string of the molecule is Cc1ccc(C(=O)N2CC[C@H](N3CCN(C)CC3)C2)s1. The van der Waals surface area contributed by atoms with Gasteiger partial charge in [-0.2, -0.15) is 0 Å². The molecular formula is C15H23N3OS. The lowest BCUT2D eigenvalue weighted by molar-refractivity contribution is 0.0760. The van der Waals surface area contributed by atoms with Gasteiger partial charge in [0.05, 0.1) is 4.88 Å². The lowest BCUT2D eigenvalue weighted by atomic mass is 10.2. The molecule has 1 amide bonds. The monoisotopic (exact) mass is 293 g/mol. The van der Waals surface area contributed by atoms with Crippen LogP contribution in [0.15, 0.2) is 12.1 Å². The maximum absolute atomic E-state index is 12.5. The minimum Gasteiger partial charge on any atom is -0.336 e. The molecule has 0 radical (unpaired) electrons. The van der Waals surface area contributed by atoms with Crippen LogP contribution in [0, 0.1) is 6.92 Å². The molecule has 0 aliphatic carbocycles. The van der Waals surface area contributed by atoms with Gasteiger partial charge < -0.3 is 9.80 Å². The smallest absolute Gasteiger partial charge is 0.263 e. The van der Waals surface area contributed by atoms with E-state index >= 15 is 0 Å². The van der Waals surface area contributed by atoms with Crippen molar-refractivity contribution in [3.05, 3.63) is 21.9 Å². The Balaban J connectivity index is 1.58. The molecule has 5 heteroatoms. The van der Waals surface area contributed by atoms with Crippen molar-refractivity contribution in [3.63, 3.8) is 0 Å². The first kappa shape index (κ1) is 14.0. The first-order valence-electron chi connectivity index (χ1n) is 7.42. The molecule has 2 fully saturated rings. The van der Waals surface area contributed by atoms with E-state index in [0.717, 1.165) is 50.6 Å². The molecule has 3 heterocycles. The fourth-order valence-electron chi connectivity index (χ4n) is 3.12. The summed E-state index contributed by atoms with van der Waals surface area (Å²) in [6, 6.07) is 4.56. The Bertz CT molecular complexity index is 479. The van der Waals surface area contributed by atoms with Crippen molar-refractivity contribution in [2.45, 2.75) is 19.4 Å². The Kier molecular flexibility index (Phi) is 4.10. The summed E-state index contributed by atoms with van der Waals surface area (Å²) in [7, 11) is 2.18. The van der Waals surface area contributed by atoms with Crippen LogP contribution in [0.3, 0.4) is 0 Å². The number of amides is 1. The number of nitrogens with zero attached hydrogens (tertiary/aromatic N) is 3. The lowest BCUT2D eigenvalue weighted by Crippen LogP contribution is -2.49. The number of thiophene rings is 1. The van der Waals surface area contributed by atoms with E-state index in [9.17, 15) is 4.79 Å². The standard InChI is InChI=1S/C15H23N3OS/c1-12-3-4-14(20-12)15(19)18-6-5-13(11-18)17-9-7-16(2)8-10-17/h3-4,13H,5-11H2,1-2H3/t13-/m0/s1. The largest absolute Gasteiger partial charge is 0.336 e. The van der Waals surface area contributed by atoms with Gasteiger partial charge in [0, 0.05) is 50.2 Å². The van der Waals surface area contributed by atoms with Crippen LogP contribution >= 0.6 is 11.3 Å². The summed E-state index contributed by atoms with van der Waals surface area (Å²) in [5, 5.41) is 0. The third-order valence-corrected chi connectivity index (χ3v) is 5.44. The third kappa shape index (κ3) is 2.90. The molecule has 4 nitrogen and oxygen atoms in total. The van der Waals surface area contributed by atoms with Gasteiger partial charge in [0.1, 0.15) is 0 Å². The zero-order valence-corrected chi connectivity index (χ0v) is 13.2. The van der Waals surface area contributed by atoms with Gasteiger partial charge in [0.2, 0.25) is 0 Å². The summed E-state index contributed by atoms with van der Waals surface area (Å²) in [5.74, 6) is 0.222. The number of hydrogen-bond acceptors (Lipinski definition) is 4. The van der Waals surface area contributed by atoms with Crippen LogP contribution in [0.1, 0.15) is 21.0 Å². The number of carbonyl (C=O) groups is 1. The second kappa shape index (κ2) is 5.84. The highest BCUT2D eigenvalue weighted by Crippen LogP contribution is 2.22. The summed E-state index contributed by atoms with van der Waals surface area (Å²) in [5.41, 5.74) is 0. The number of rotatable bonds is 2. The van der Waals surface area contributed by atoms with Gasteiger partial charge in [-0.25, -0.2) is 0 Å². The van der Waals surface area contributed by atoms with Crippen molar-refractivity contribution in [3.8, 4) is 0 Å². The van der Waals surface area contributed by atoms with Crippen molar-refractivity contribution in [1.29, 1.82) is 0 Å². The molecule has 110 valence electrons. The van der Waals surface area contributed by atoms with Crippen molar-refractivity contribution in [1.82, 2.24) is 14.7 Å². The van der Waals surface area contributed by atoms with Crippen LogP contribution in [0.25, 0.3) is 0 Å². The summed E-state index contributed by atoms with van der Waals surface area (Å²) in [6.45, 7) is 8.44. The van der Waals surface area contributed by atoms with Crippen LogP contribution in [-0.4, -0.2) is 73.0 Å². The number of likely N-dealkylation sites (tertiary alicyclic amines) is 1. The van der Waals surface area contributed by atoms with Crippen LogP contribution in [0.2, 0.25) is 0 Å². The van der Waals surface area contributed by atoms with Gasteiger partial charge in [-0.05, 0) is 32.5 Å². The normalized spacial score (nSPS) is 25.3. The average Bonchev–Trinajstić information content (AvgIpc) is 3.08. The molecule has 0 unspecified atom stereocenters. The Morgan fingerprint density at radius 1 is 1.20 bits per heavy atom. The zero-order valence-electron chi connectivity index (χ0n) is 12.3. The van der Waals surface area contributed by atoms with E-state index in [-0.39, 0.29) is 5.91 Å². The van der Waals surface area contributed by atoms with E-state index in [4.69, 9.17) is 0 Å². The summed E-state index contributed by atoms with van der Waals surface area (Å²) in [4.78, 5) is 21.5. The highest BCUT2D eigenvalue weighted by molar-refractivity contribution is 7.13. The zero-order chi connectivity index (χ0) is 14.1. The Morgan fingerprint density at radius 3 is 2.60 bits per heavy atom. The van der Waals surface area contributed by atoms with Crippen LogP contribution in [0.4, 0.5) is 0 Å². The lowest BCUT2D eigenvalue weighted by Gasteiger charge is -2.36. The van der Waals surface area contributed by atoms with Crippen molar-refractivity contribution >= 4 is 17.2 Å². The van der Waals surface area contributed by atoms with Crippen LogP contribution < -0.4 is 0 Å². The molecular weight excluding hydrogens is 270 g/mol. The quantitative estimate of drug-likeness (QED) is 0.827. The van der Waals surface area contributed by atoms with Crippen LogP contribution in [0.5, 0.6) is 0 Å². The van der Waals surface area contributed by atoms with Crippen molar-refractivity contribution < 1.29 is 4.79 Å². The van der Waals surface area contributed by atoms with E-state index in [1.165, 1.54) is 4.88 Å². The number of aryl methyl sites for hydroxylation is 1. The molecule has 1 aromatic rings. The molecule has 20 heavy (non-hydrogen) atoms. The highest BCUT2D eigenvalue weighted by Gasteiger charge is 2.32. The average molecular weight is 293 g/mol. The molecule has 2 aliphatic heterocycles. The first-order valence-corrected chi connectivity index (χ1v) is 8.23. The van der Waals surface area contributed by atoms with Gasteiger partial charge >= 0.3 is 0 Å². The first-order chi connectivity index (χ1) is 9.63. The van der Waals surface area contributed by atoms with Crippen molar-refractivity contribution in [2.24, 2.45) is 0 Å². The summed E-state index contributed by atoms with van der Waals surface area (Å²) >= 11 is 1.61. The minimum absolute atomic E-state index is 0.222. The summed E-state index contributed by atoms with van der Waals surface area (Å²) < 4.78 is 0. The van der Waals surface area contributed by atoms with Crippen LogP contribution in [-0.2, 0) is 0 Å². The Hall–Kier alpha value is -0.910. The van der Waals surface area contributed by atoms with E-state index in [1.54, 1.807) is 11.3 Å². The fourth-order valence-corrected chi connectivity index (χ4v) is 3.95.